The van der Waals surface area contributed by atoms with Crippen LogP contribution in [0.15, 0.2) is 48.5 Å². The summed E-state index contributed by atoms with van der Waals surface area (Å²) in [7, 11) is 0.168. The molecular weight excluding hydrogens is 474 g/mol. The molecule has 2 rings (SSSR count). The van der Waals surface area contributed by atoms with Crippen molar-refractivity contribution in [2.75, 3.05) is 24.6 Å². The number of unbranched alkanes of at least 4 members (excludes halogenated alkanes) is 8. The van der Waals surface area contributed by atoms with Gasteiger partial charge in [-0.1, -0.05) is 79.1 Å². The minimum absolute atomic E-state index is 0. The molecule has 0 radical (unpaired) electrons. The molecule has 0 aliphatic carbocycles. The molecule has 0 spiro atoms. The smallest absolute Gasteiger partial charge is 0 e. The first-order valence-corrected chi connectivity index (χ1v) is 17.1. The van der Waals surface area contributed by atoms with Gasteiger partial charge in [-0.15, -0.1) is 26.5 Å². The van der Waals surface area contributed by atoms with Crippen LogP contribution in [0.25, 0.3) is 0 Å². The van der Waals surface area contributed by atoms with Gasteiger partial charge >= 0.3 is 0 Å². The summed E-state index contributed by atoms with van der Waals surface area (Å²) >= 11 is 0. The van der Waals surface area contributed by atoms with Crippen molar-refractivity contribution in [3.8, 4) is 0 Å². The van der Waals surface area contributed by atoms with Gasteiger partial charge < -0.3 is 30.3 Å². The molecule has 2 aromatic carbocycles. The van der Waals surface area contributed by atoms with Crippen LogP contribution in [0.5, 0.6) is 0 Å². The Morgan fingerprint density at radius 2 is 1.00 bits per heavy atom. The molecule has 0 fully saturated rings. The van der Waals surface area contributed by atoms with Crippen LogP contribution in [0.2, 0.25) is 0 Å². The van der Waals surface area contributed by atoms with E-state index in [0.29, 0.717) is 0 Å². The first-order chi connectivity index (χ1) is 15.8. The first kappa shape index (κ1) is 33.1. The Hall–Kier alpha value is 0.0925. The zero-order chi connectivity index (χ0) is 23.3. The van der Waals surface area contributed by atoms with Crippen LogP contribution in [0.3, 0.4) is 0 Å². The van der Waals surface area contributed by atoms with Crippen LogP contribution in [0.4, 0.5) is 0 Å². The average Bonchev–Trinajstić information content (AvgIpc) is 3.53. The third-order valence-electron chi connectivity index (χ3n) is 6.13. The van der Waals surface area contributed by atoms with Crippen LogP contribution < -0.4 is 10.6 Å². The molecule has 0 saturated heterocycles. The van der Waals surface area contributed by atoms with Gasteiger partial charge in [-0.25, -0.2) is 12.1 Å². The van der Waals surface area contributed by atoms with Crippen molar-refractivity contribution in [3.05, 3.63) is 48.5 Å². The van der Waals surface area contributed by atoms with Crippen LogP contribution in [-0.4, -0.2) is 24.6 Å². The van der Waals surface area contributed by atoms with Crippen LogP contribution in [-0.2, 0) is 17.4 Å². The van der Waals surface area contributed by atoms with E-state index in [1.807, 2.05) is 40.9 Å². The second kappa shape index (κ2) is 23.8. The summed E-state index contributed by atoms with van der Waals surface area (Å²) in [6, 6.07) is 17.5. The van der Waals surface area contributed by atoms with Gasteiger partial charge in [0.25, 0.3) is 0 Å². The fourth-order valence-corrected chi connectivity index (χ4v) is 10.2. The first-order valence-electron chi connectivity index (χ1n) is 13.7. The molecule has 0 nitrogen and oxygen atoms in total. The quantitative estimate of drug-likeness (QED) is 0.103. The van der Waals surface area contributed by atoms with Crippen molar-refractivity contribution in [3.63, 3.8) is 0 Å². The Balaban J connectivity index is 0.00000150. The Morgan fingerprint density at radius 1 is 0.606 bits per heavy atom. The second-order valence-electron chi connectivity index (χ2n) is 9.06. The third-order valence-corrected chi connectivity index (χ3v) is 11.9. The maximum atomic E-state index is 2.54. The SMILES string of the molecule is CCCCCP(CCCCC)c1ccc[c-]1P(CCCCC)CCCCC.[Cr].[cH-]1[cH-][cH-][cH-][cH-]1. The van der Waals surface area contributed by atoms with E-state index in [2.05, 4.69) is 45.9 Å². The Morgan fingerprint density at radius 3 is 1.39 bits per heavy atom. The minimum Gasteiger partial charge on any atom is -0.748 e. The molecule has 2 aromatic rings. The molecule has 0 unspecified atom stereocenters. The van der Waals surface area contributed by atoms with Gasteiger partial charge in [0.1, 0.15) is 0 Å². The van der Waals surface area contributed by atoms with Crippen molar-refractivity contribution in [1.29, 1.82) is 0 Å². The van der Waals surface area contributed by atoms with E-state index in [1.165, 1.54) is 102 Å². The van der Waals surface area contributed by atoms with Gasteiger partial charge in [-0.2, -0.15) is 6.07 Å². The van der Waals surface area contributed by atoms with E-state index in [0.717, 1.165) is 0 Å². The van der Waals surface area contributed by atoms with E-state index in [4.69, 9.17) is 0 Å². The van der Waals surface area contributed by atoms with Gasteiger partial charge in [0.2, 0.25) is 0 Å². The van der Waals surface area contributed by atoms with Gasteiger partial charge in [0, 0.05) is 17.4 Å². The number of hydrogen-bond acceptors (Lipinski definition) is 0. The number of hydrogen-bond donors (Lipinski definition) is 0. The molecule has 0 N–H and O–H groups in total. The topological polar surface area (TPSA) is 0 Å². The zero-order valence-corrected chi connectivity index (χ0v) is 25.3. The predicted molar refractivity (Wildman–Crippen MR) is 155 cm³/mol. The summed E-state index contributed by atoms with van der Waals surface area (Å²) in [6.45, 7) is 9.37. The average molecular weight is 527 g/mol. The third kappa shape index (κ3) is 15.7. The summed E-state index contributed by atoms with van der Waals surface area (Å²) < 4.78 is 0. The van der Waals surface area contributed by atoms with E-state index in [1.54, 1.807) is 0 Å². The zero-order valence-electron chi connectivity index (χ0n) is 22.2. The van der Waals surface area contributed by atoms with E-state index < -0.39 is 0 Å². The Bertz CT molecular complexity index is 529. The van der Waals surface area contributed by atoms with Gasteiger partial charge in [-0.3, -0.25) is 0 Å². The van der Waals surface area contributed by atoms with Crippen molar-refractivity contribution in [1.82, 2.24) is 0 Å². The summed E-state index contributed by atoms with van der Waals surface area (Å²) in [5.74, 6) is 0. The van der Waals surface area contributed by atoms with Crippen LogP contribution in [0, 0.1) is 0 Å². The molecule has 0 aromatic heterocycles. The molecule has 0 aliphatic heterocycles. The fourth-order valence-electron chi connectivity index (χ4n) is 4.17. The van der Waals surface area contributed by atoms with Crippen LogP contribution >= 0.6 is 15.8 Å². The van der Waals surface area contributed by atoms with Crippen molar-refractivity contribution < 1.29 is 17.4 Å². The fraction of sp³-hybridized carbons (Fsp3) is 0.667. The second-order valence-corrected chi connectivity index (χ2v) is 14.0. The summed E-state index contributed by atoms with van der Waals surface area (Å²) in [5.41, 5.74) is 0. The van der Waals surface area contributed by atoms with Gasteiger partial charge in [0.05, 0.1) is 0 Å². The molecule has 0 saturated carbocycles. The molecular formula is C30H52CrP2-6. The predicted octanol–water partition coefficient (Wildman–Crippen LogP) is 9.78. The van der Waals surface area contributed by atoms with Gasteiger partial charge in [-0.05, 0) is 50.3 Å². The number of rotatable bonds is 18. The maximum Gasteiger partial charge on any atom is 0 e. The monoisotopic (exact) mass is 526 g/mol. The van der Waals surface area contributed by atoms with Gasteiger partial charge in [0.15, 0.2) is 0 Å². The molecule has 0 aliphatic rings. The molecule has 194 valence electrons. The molecule has 0 atom stereocenters. The Labute approximate surface area is 221 Å². The van der Waals surface area contributed by atoms with Crippen LogP contribution in [0.1, 0.15) is 105 Å². The molecule has 3 heteroatoms. The largest absolute Gasteiger partial charge is 0.748 e. The standard InChI is InChI=1S/C25H47P2.C5H5.Cr/c1-5-9-13-20-26(21-14-10-6-2)24-18-17-19-25(24)27(22-15-11-7-3)23-16-12-8-4;1-2-4-5-3-1;/h17-19H,5-16,20-23H2,1-4H3;1-5H;/q-1;-5;. The van der Waals surface area contributed by atoms with Crippen molar-refractivity contribution in [2.24, 2.45) is 0 Å². The van der Waals surface area contributed by atoms with Crippen molar-refractivity contribution in [2.45, 2.75) is 105 Å². The molecule has 33 heavy (non-hydrogen) atoms. The summed E-state index contributed by atoms with van der Waals surface area (Å²) in [4.78, 5) is 0. The summed E-state index contributed by atoms with van der Waals surface area (Å²) in [5, 5.41) is 3.66. The Kier molecular flexibility index (Phi) is 23.9. The van der Waals surface area contributed by atoms with Crippen molar-refractivity contribution >= 4 is 26.5 Å². The summed E-state index contributed by atoms with van der Waals surface area (Å²) in [6.07, 6.45) is 22.8. The molecule has 0 amide bonds. The minimum atomic E-state index is 0. The normalized spacial score (nSPS) is 10.8. The molecule has 0 heterocycles. The van der Waals surface area contributed by atoms with E-state index in [-0.39, 0.29) is 33.2 Å². The molecule has 0 bridgehead atoms. The van der Waals surface area contributed by atoms with E-state index >= 15 is 0 Å². The maximum absolute atomic E-state index is 2.54. The van der Waals surface area contributed by atoms with E-state index in [9.17, 15) is 0 Å².